The van der Waals surface area contributed by atoms with Crippen molar-refractivity contribution in [1.29, 1.82) is 0 Å². The van der Waals surface area contributed by atoms with Crippen LogP contribution in [0.15, 0.2) is 18.2 Å². The van der Waals surface area contributed by atoms with Crippen molar-refractivity contribution < 1.29 is 14.1 Å². The number of benzene rings is 1. The van der Waals surface area contributed by atoms with Gasteiger partial charge >= 0.3 is 7.12 Å². The summed E-state index contributed by atoms with van der Waals surface area (Å²) in [7, 11) is -0.600. The summed E-state index contributed by atoms with van der Waals surface area (Å²) in [6, 6.07) is 4.83. The van der Waals surface area contributed by atoms with Crippen LogP contribution >= 0.6 is 11.6 Å². The summed E-state index contributed by atoms with van der Waals surface area (Å²) in [5.41, 5.74) is 5.37. The van der Waals surface area contributed by atoms with E-state index < -0.39 is 24.2 Å². The molecule has 0 bridgehead atoms. The van der Waals surface area contributed by atoms with E-state index in [0.29, 0.717) is 16.0 Å². The maximum absolute atomic E-state index is 11.2. The number of carbonyl (C=O) groups excluding carboxylic acids is 1. The second-order valence-corrected chi connectivity index (χ2v) is 6.10. The smallest absolute Gasteiger partial charge is 0.399 e. The molecule has 1 fully saturated rings. The first-order valence-electron chi connectivity index (χ1n) is 6.09. The Balaban J connectivity index is 2.39. The van der Waals surface area contributed by atoms with E-state index in [9.17, 15) is 4.79 Å². The average molecular weight is 282 g/mol. The van der Waals surface area contributed by atoms with Crippen LogP contribution in [0, 0.1) is 0 Å². The molecule has 0 saturated carbocycles. The Bertz CT molecular complexity index is 515. The van der Waals surface area contributed by atoms with Crippen LogP contribution in [0.5, 0.6) is 0 Å². The van der Waals surface area contributed by atoms with Crippen LogP contribution in [-0.4, -0.2) is 24.2 Å². The van der Waals surface area contributed by atoms with Crippen LogP contribution in [0.1, 0.15) is 38.1 Å². The molecule has 0 radical (unpaired) electrons. The first-order chi connectivity index (χ1) is 8.64. The van der Waals surface area contributed by atoms with E-state index in [2.05, 4.69) is 0 Å². The third-order valence-electron chi connectivity index (χ3n) is 3.79. The Labute approximate surface area is 118 Å². The molecular formula is C13H17BClNO3. The van der Waals surface area contributed by atoms with E-state index in [1.807, 2.05) is 27.7 Å². The van der Waals surface area contributed by atoms with Crippen LogP contribution in [-0.2, 0) is 9.31 Å². The first-order valence-corrected chi connectivity index (χ1v) is 6.47. The Kier molecular flexibility index (Phi) is 3.41. The number of hydrogen-bond acceptors (Lipinski definition) is 3. The highest BCUT2D eigenvalue weighted by molar-refractivity contribution is 6.65. The van der Waals surface area contributed by atoms with Crippen molar-refractivity contribution >= 4 is 30.1 Å². The number of carbonyl (C=O) groups is 1. The van der Waals surface area contributed by atoms with Gasteiger partial charge in [0, 0.05) is 16.0 Å². The fraction of sp³-hybridized carbons (Fsp3) is 0.462. The van der Waals surface area contributed by atoms with E-state index in [4.69, 9.17) is 26.6 Å². The molecule has 1 aromatic rings. The van der Waals surface area contributed by atoms with Gasteiger partial charge in [0.25, 0.3) is 0 Å². The van der Waals surface area contributed by atoms with Gasteiger partial charge in [-0.15, -0.1) is 0 Å². The van der Waals surface area contributed by atoms with Gasteiger partial charge in [0.2, 0.25) is 5.91 Å². The average Bonchev–Trinajstić information content (AvgIpc) is 2.48. The van der Waals surface area contributed by atoms with Crippen LogP contribution in [0.4, 0.5) is 0 Å². The number of hydrogen-bond donors (Lipinski definition) is 1. The molecule has 1 aliphatic rings. The fourth-order valence-electron chi connectivity index (χ4n) is 1.85. The lowest BCUT2D eigenvalue weighted by molar-refractivity contribution is 0.00578. The highest BCUT2D eigenvalue weighted by atomic mass is 35.5. The molecule has 0 atom stereocenters. The molecule has 2 rings (SSSR count). The minimum Gasteiger partial charge on any atom is -0.399 e. The zero-order valence-electron chi connectivity index (χ0n) is 11.5. The molecule has 6 heteroatoms. The molecule has 2 N–H and O–H groups in total. The number of amides is 1. The molecule has 1 amide bonds. The largest absolute Gasteiger partial charge is 0.496 e. The normalized spacial score (nSPS) is 20.6. The third-order valence-corrected chi connectivity index (χ3v) is 4.13. The summed E-state index contributed by atoms with van der Waals surface area (Å²) in [5.74, 6) is -0.505. The highest BCUT2D eigenvalue weighted by Crippen LogP contribution is 2.37. The molecule has 0 aliphatic carbocycles. The van der Waals surface area contributed by atoms with Crippen molar-refractivity contribution in [3.05, 3.63) is 28.8 Å². The van der Waals surface area contributed by atoms with Crippen molar-refractivity contribution in [3.63, 3.8) is 0 Å². The van der Waals surface area contributed by atoms with E-state index in [-0.39, 0.29) is 0 Å². The monoisotopic (exact) mass is 281 g/mol. The van der Waals surface area contributed by atoms with Gasteiger partial charge in [0.05, 0.1) is 11.2 Å². The number of primary amides is 1. The molecule has 0 unspecified atom stereocenters. The second-order valence-electron chi connectivity index (χ2n) is 5.69. The van der Waals surface area contributed by atoms with Gasteiger partial charge in [-0.2, -0.15) is 0 Å². The van der Waals surface area contributed by atoms with Gasteiger partial charge < -0.3 is 15.0 Å². The maximum Gasteiger partial charge on any atom is 0.496 e. The summed E-state index contributed by atoms with van der Waals surface area (Å²) in [6.45, 7) is 7.83. The predicted molar refractivity (Wildman–Crippen MR) is 75.7 cm³/mol. The second kappa shape index (κ2) is 4.51. The lowest BCUT2D eigenvalue weighted by Gasteiger charge is -2.32. The van der Waals surface area contributed by atoms with Crippen molar-refractivity contribution in [2.24, 2.45) is 5.73 Å². The molecular weight excluding hydrogens is 264 g/mol. The van der Waals surface area contributed by atoms with Gasteiger partial charge in [0.15, 0.2) is 0 Å². The lowest BCUT2D eigenvalue weighted by Crippen LogP contribution is -2.41. The van der Waals surface area contributed by atoms with Crippen LogP contribution in [0.2, 0.25) is 5.02 Å². The Hall–Kier alpha value is -1.04. The standard InChI is InChI=1S/C13H17BClNO3/c1-12(2)13(3,4)19-14(18-12)9-7-8(11(16)17)5-6-10(9)15/h5-7H,1-4H3,(H2,16,17). The summed E-state index contributed by atoms with van der Waals surface area (Å²) in [6.07, 6.45) is 0. The van der Waals surface area contributed by atoms with E-state index >= 15 is 0 Å². The summed E-state index contributed by atoms with van der Waals surface area (Å²) in [5, 5.41) is 0.489. The first kappa shape index (κ1) is 14.4. The van der Waals surface area contributed by atoms with Gasteiger partial charge in [0.1, 0.15) is 0 Å². The van der Waals surface area contributed by atoms with E-state index in [1.54, 1.807) is 18.2 Å². The minimum atomic E-state index is -0.600. The van der Waals surface area contributed by atoms with Crippen molar-refractivity contribution in [3.8, 4) is 0 Å². The zero-order valence-corrected chi connectivity index (χ0v) is 12.2. The van der Waals surface area contributed by atoms with Gasteiger partial charge in [-0.25, -0.2) is 0 Å². The Morgan fingerprint density at radius 1 is 1.21 bits per heavy atom. The summed E-state index contributed by atoms with van der Waals surface area (Å²) >= 11 is 6.16. The van der Waals surface area contributed by atoms with E-state index in [1.165, 1.54) is 0 Å². The minimum absolute atomic E-state index is 0.383. The Morgan fingerprint density at radius 2 is 1.74 bits per heavy atom. The molecule has 19 heavy (non-hydrogen) atoms. The van der Waals surface area contributed by atoms with Gasteiger partial charge in [-0.1, -0.05) is 11.6 Å². The summed E-state index contributed by atoms with van der Waals surface area (Å²) < 4.78 is 11.8. The topological polar surface area (TPSA) is 61.5 Å². The van der Waals surface area contributed by atoms with Crippen molar-refractivity contribution in [1.82, 2.24) is 0 Å². The Morgan fingerprint density at radius 3 is 2.21 bits per heavy atom. The zero-order chi connectivity index (χ0) is 14.4. The SMILES string of the molecule is CC1(C)OB(c2cc(C(N)=O)ccc2Cl)OC1(C)C. The van der Waals surface area contributed by atoms with Crippen LogP contribution < -0.4 is 11.2 Å². The van der Waals surface area contributed by atoms with Gasteiger partial charge in [-0.05, 0) is 45.9 Å². The number of rotatable bonds is 2. The number of halogens is 1. The molecule has 0 spiro atoms. The summed E-state index contributed by atoms with van der Waals surface area (Å²) in [4.78, 5) is 11.2. The van der Waals surface area contributed by atoms with Crippen LogP contribution in [0.3, 0.4) is 0 Å². The predicted octanol–water partition coefficient (Wildman–Crippen LogP) is 1.74. The van der Waals surface area contributed by atoms with Crippen molar-refractivity contribution in [2.45, 2.75) is 38.9 Å². The molecule has 1 aromatic carbocycles. The van der Waals surface area contributed by atoms with Crippen molar-refractivity contribution in [2.75, 3.05) is 0 Å². The quantitative estimate of drug-likeness (QED) is 0.840. The molecule has 1 saturated heterocycles. The highest BCUT2D eigenvalue weighted by Gasteiger charge is 2.52. The lowest BCUT2D eigenvalue weighted by atomic mass is 9.78. The maximum atomic E-state index is 11.2. The third kappa shape index (κ3) is 2.50. The molecule has 0 aromatic heterocycles. The van der Waals surface area contributed by atoms with Crippen LogP contribution in [0.25, 0.3) is 0 Å². The van der Waals surface area contributed by atoms with E-state index in [0.717, 1.165) is 0 Å². The number of nitrogens with two attached hydrogens (primary N) is 1. The molecule has 102 valence electrons. The molecule has 1 aliphatic heterocycles. The fourth-order valence-corrected chi connectivity index (χ4v) is 2.05. The molecule has 1 heterocycles. The van der Waals surface area contributed by atoms with Gasteiger partial charge in [-0.3, -0.25) is 4.79 Å². The molecule has 4 nitrogen and oxygen atoms in total.